The van der Waals surface area contributed by atoms with E-state index in [2.05, 4.69) is 123 Å². The Hall–Kier alpha value is -2.18. The minimum Gasteiger partial charge on any atom is -0.147 e. The molecule has 1 aliphatic heterocycles. The Balaban J connectivity index is 0.00000154. The number of halogens is 2. The Labute approximate surface area is 250 Å². The van der Waals surface area contributed by atoms with Crippen molar-refractivity contribution in [1.29, 1.82) is 0 Å². The molecule has 0 N–H and O–H groups in total. The fourth-order valence-electron chi connectivity index (χ4n) is 8.15. The van der Waals surface area contributed by atoms with Gasteiger partial charge in [-0.05, 0) is 0 Å². The van der Waals surface area contributed by atoms with Crippen LogP contribution in [0.1, 0.15) is 56.2 Å². The van der Waals surface area contributed by atoms with Crippen molar-refractivity contribution in [3.8, 4) is 22.3 Å². The first-order chi connectivity index (χ1) is 18.2. The van der Waals surface area contributed by atoms with Gasteiger partial charge in [0, 0.05) is 0 Å². The van der Waals surface area contributed by atoms with E-state index in [0.717, 1.165) is 0 Å². The van der Waals surface area contributed by atoms with Crippen LogP contribution in [0.2, 0.25) is 8.26 Å². The summed E-state index contributed by atoms with van der Waals surface area (Å²) in [6.07, 6.45) is 7.97. The molecule has 2 aliphatic carbocycles. The van der Waals surface area contributed by atoms with Gasteiger partial charge in [0.15, 0.2) is 0 Å². The van der Waals surface area contributed by atoms with Crippen molar-refractivity contribution in [2.45, 2.75) is 42.2 Å². The predicted molar refractivity (Wildman–Crippen MR) is 170 cm³/mol. The van der Waals surface area contributed by atoms with Crippen LogP contribution in [-0.4, -0.2) is 0 Å². The first-order valence-corrected chi connectivity index (χ1v) is 20.2. The van der Waals surface area contributed by atoms with Gasteiger partial charge in [-0.25, -0.2) is 0 Å². The van der Waals surface area contributed by atoms with Crippen molar-refractivity contribution in [2.75, 3.05) is 0 Å². The fraction of sp³-hybridized carbons (Fsp3) is 0.222. The Morgan fingerprint density at radius 1 is 0.513 bits per heavy atom. The quantitative estimate of drug-likeness (QED) is 0.210. The standard InChI is InChI=1S/2C16H13.C4H8.2ClH.Zr/c2*1-12-10-14-8-5-9-15(16(14)11-12)13-6-3-2-4-7-13;1-3-4-2;;;/h2*2-11H,1H3;1-4H2;2*1H;. The second-order valence-electron chi connectivity index (χ2n) is 11.4. The third-order valence-corrected chi connectivity index (χ3v) is 25.1. The summed E-state index contributed by atoms with van der Waals surface area (Å²) in [6, 6.07) is 36.3. The molecule has 0 spiro atoms. The van der Waals surface area contributed by atoms with E-state index in [1.54, 1.807) is 22.3 Å². The molecule has 1 fully saturated rings. The van der Waals surface area contributed by atoms with Crippen LogP contribution in [0.3, 0.4) is 0 Å². The van der Waals surface area contributed by atoms with Crippen LogP contribution in [0.15, 0.2) is 108 Å². The number of allylic oxidation sites excluding steroid dienone is 2. The van der Waals surface area contributed by atoms with E-state index in [1.807, 2.05) is 0 Å². The first-order valence-electron chi connectivity index (χ1n) is 13.9. The molecule has 39 heavy (non-hydrogen) atoms. The van der Waals surface area contributed by atoms with Gasteiger partial charge in [-0.3, -0.25) is 0 Å². The molecule has 2 unspecified atom stereocenters. The molecule has 2 atom stereocenters. The number of hydrogen-bond donors (Lipinski definition) is 0. The molecule has 0 amide bonds. The van der Waals surface area contributed by atoms with Crippen LogP contribution in [-0.2, 0) is 20.3 Å². The molecule has 0 radical (unpaired) electrons. The Kier molecular flexibility index (Phi) is 8.26. The second kappa shape index (κ2) is 11.4. The topological polar surface area (TPSA) is 0 Å². The summed E-state index contributed by atoms with van der Waals surface area (Å²) in [5.74, 6) is 0. The van der Waals surface area contributed by atoms with Gasteiger partial charge in [-0.1, -0.05) is 0 Å². The summed E-state index contributed by atoms with van der Waals surface area (Å²) in [7, 11) is 0. The summed E-state index contributed by atoms with van der Waals surface area (Å²) >= 11 is -2.81. The number of hydrogen-bond acceptors (Lipinski definition) is 0. The maximum atomic E-state index is 2.56. The van der Waals surface area contributed by atoms with Crippen LogP contribution >= 0.6 is 24.8 Å². The molecule has 3 aliphatic rings. The third-order valence-electron chi connectivity index (χ3n) is 9.41. The largest absolute Gasteiger partial charge is 0.147 e. The Bertz CT molecular complexity index is 1430. The summed E-state index contributed by atoms with van der Waals surface area (Å²) in [6.45, 7) is 4.90. The van der Waals surface area contributed by atoms with Crippen LogP contribution in [0.5, 0.6) is 0 Å². The van der Waals surface area contributed by atoms with Gasteiger partial charge in [-0.2, -0.15) is 0 Å². The molecule has 7 rings (SSSR count). The molecule has 198 valence electrons. The first kappa shape index (κ1) is 28.4. The van der Waals surface area contributed by atoms with Crippen LogP contribution in [0, 0.1) is 0 Å². The summed E-state index contributed by atoms with van der Waals surface area (Å²) in [5, 5.41) is 0. The van der Waals surface area contributed by atoms with Crippen molar-refractivity contribution >= 4 is 37.0 Å². The van der Waals surface area contributed by atoms with Crippen LogP contribution < -0.4 is 0 Å². The normalized spacial score (nSPS) is 20.3. The minimum absolute atomic E-state index is 0. The van der Waals surface area contributed by atoms with E-state index >= 15 is 0 Å². The average Bonchev–Trinajstić information content (AvgIpc) is 3.64. The summed E-state index contributed by atoms with van der Waals surface area (Å²) in [5.41, 5.74) is 15.0. The molecule has 4 aromatic rings. The van der Waals surface area contributed by atoms with Crippen molar-refractivity contribution in [3.63, 3.8) is 0 Å². The Morgan fingerprint density at radius 3 is 1.33 bits per heavy atom. The zero-order valence-corrected chi connectivity index (χ0v) is 26.8. The van der Waals surface area contributed by atoms with Gasteiger partial charge in [0.05, 0.1) is 0 Å². The number of fused-ring (bicyclic) bond motifs is 2. The maximum Gasteiger partial charge on any atom is -0.147 e. The molecule has 0 aromatic heterocycles. The van der Waals surface area contributed by atoms with Gasteiger partial charge in [-0.15, -0.1) is 24.8 Å². The second-order valence-corrected chi connectivity index (χ2v) is 22.8. The fourth-order valence-corrected chi connectivity index (χ4v) is 26.0. The predicted octanol–water partition coefficient (Wildman–Crippen LogP) is 11.3. The average molecular weight is 631 g/mol. The molecule has 0 nitrogen and oxygen atoms in total. The zero-order valence-electron chi connectivity index (χ0n) is 22.7. The van der Waals surface area contributed by atoms with Gasteiger partial charge in [0.25, 0.3) is 0 Å². The molecule has 1 saturated heterocycles. The maximum absolute atomic E-state index is 2.81. The van der Waals surface area contributed by atoms with E-state index in [4.69, 9.17) is 0 Å². The van der Waals surface area contributed by atoms with Crippen molar-refractivity contribution in [1.82, 2.24) is 0 Å². The smallest absolute Gasteiger partial charge is 0.147 e. The molecule has 3 heteroatoms. The van der Waals surface area contributed by atoms with Crippen molar-refractivity contribution < 1.29 is 20.3 Å². The third kappa shape index (κ3) is 4.56. The van der Waals surface area contributed by atoms with Gasteiger partial charge >= 0.3 is 227 Å². The van der Waals surface area contributed by atoms with Crippen molar-refractivity contribution in [3.05, 3.63) is 130 Å². The van der Waals surface area contributed by atoms with Gasteiger partial charge in [0.1, 0.15) is 0 Å². The van der Waals surface area contributed by atoms with Gasteiger partial charge < -0.3 is 0 Å². The summed E-state index contributed by atoms with van der Waals surface area (Å²) < 4.78 is 4.36. The molecule has 4 aromatic carbocycles. The monoisotopic (exact) mass is 628 g/mol. The molecule has 0 saturated carbocycles. The van der Waals surface area contributed by atoms with E-state index < -0.39 is 20.3 Å². The molecular formula is C36H36Cl2Zr. The zero-order chi connectivity index (χ0) is 25.0. The number of benzene rings is 4. The van der Waals surface area contributed by atoms with Crippen LogP contribution in [0.25, 0.3) is 34.4 Å². The molecule has 0 bridgehead atoms. The SMILES string of the molecule is CC1=Cc2c(-c3ccccc3)cccc2[CH]1[Zr]1([CH]2C(C)=Cc3c(-c4ccccc4)cccc32)[CH2]CC[CH2]1.Cl.Cl. The minimum atomic E-state index is -2.81. The van der Waals surface area contributed by atoms with Gasteiger partial charge in [0.2, 0.25) is 0 Å². The summed E-state index contributed by atoms with van der Waals surface area (Å²) in [4.78, 5) is 0. The van der Waals surface area contributed by atoms with E-state index in [9.17, 15) is 0 Å². The van der Waals surface area contributed by atoms with E-state index in [0.29, 0.717) is 7.25 Å². The van der Waals surface area contributed by atoms with Crippen LogP contribution in [0.4, 0.5) is 0 Å². The van der Waals surface area contributed by atoms with Crippen molar-refractivity contribution in [2.24, 2.45) is 0 Å². The molecule has 1 heterocycles. The van der Waals surface area contributed by atoms with E-state index in [1.165, 1.54) is 54.5 Å². The van der Waals surface area contributed by atoms with E-state index in [-0.39, 0.29) is 24.8 Å². The number of rotatable bonds is 4. The Morgan fingerprint density at radius 2 is 0.923 bits per heavy atom. The molecular weight excluding hydrogens is 595 g/mol.